The van der Waals surface area contributed by atoms with Crippen LogP contribution >= 0.6 is 0 Å². The van der Waals surface area contributed by atoms with Crippen molar-refractivity contribution in [3.63, 3.8) is 0 Å². The van der Waals surface area contributed by atoms with Crippen LogP contribution in [0.5, 0.6) is 5.75 Å². The molecule has 0 radical (unpaired) electrons. The van der Waals surface area contributed by atoms with Crippen LogP contribution in [0.4, 0.5) is 5.69 Å². The Morgan fingerprint density at radius 3 is 1.96 bits per heavy atom. The molecule has 0 aromatic heterocycles. The van der Waals surface area contributed by atoms with Gasteiger partial charge in [0.05, 0.1) is 13.2 Å². The SMILES string of the molecule is CCOC(=O)C(=Cc1ccc(N(CC)CC)cc1OC(C)=O)C(=O)OCC. The summed E-state index contributed by atoms with van der Waals surface area (Å²) >= 11 is 0. The first-order valence-corrected chi connectivity index (χ1v) is 9.01. The molecule has 0 N–H and O–H groups in total. The zero-order chi connectivity index (χ0) is 20.4. The summed E-state index contributed by atoms with van der Waals surface area (Å²) in [6.07, 6.45) is 1.32. The fourth-order valence-corrected chi connectivity index (χ4v) is 2.45. The fourth-order valence-electron chi connectivity index (χ4n) is 2.45. The summed E-state index contributed by atoms with van der Waals surface area (Å²) < 4.78 is 15.2. The van der Waals surface area contributed by atoms with Crippen LogP contribution in [-0.2, 0) is 23.9 Å². The minimum absolute atomic E-state index is 0.118. The molecule has 0 atom stereocenters. The van der Waals surface area contributed by atoms with Crippen molar-refractivity contribution in [3.8, 4) is 5.75 Å². The van der Waals surface area contributed by atoms with Crippen LogP contribution in [0.2, 0.25) is 0 Å². The Hall–Kier alpha value is -2.83. The number of nitrogens with zero attached hydrogens (tertiary/aromatic N) is 1. The van der Waals surface area contributed by atoms with Crippen molar-refractivity contribution < 1.29 is 28.6 Å². The molecule has 0 unspecified atom stereocenters. The van der Waals surface area contributed by atoms with E-state index >= 15 is 0 Å². The third-order valence-electron chi connectivity index (χ3n) is 3.67. The predicted octanol–water partition coefficient (Wildman–Crippen LogP) is 2.97. The molecule has 0 aliphatic rings. The monoisotopic (exact) mass is 377 g/mol. The molecule has 0 spiro atoms. The molecule has 1 rings (SSSR count). The number of hydrogen-bond donors (Lipinski definition) is 0. The van der Waals surface area contributed by atoms with Gasteiger partial charge in [-0.1, -0.05) is 0 Å². The highest BCUT2D eigenvalue weighted by Gasteiger charge is 2.22. The van der Waals surface area contributed by atoms with E-state index in [0.717, 1.165) is 18.8 Å². The molecular formula is C20H27NO6. The first-order valence-electron chi connectivity index (χ1n) is 9.01. The molecule has 148 valence electrons. The number of anilines is 1. The lowest BCUT2D eigenvalue weighted by Crippen LogP contribution is -2.22. The van der Waals surface area contributed by atoms with Gasteiger partial charge in [0, 0.05) is 37.3 Å². The molecule has 0 amide bonds. The normalized spacial score (nSPS) is 9.96. The van der Waals surface area contributed by atoms with E-state index in [9.17, 15) is 14.4 Å². The van der Waals surface area contributed by atoms with E-state index in [-0.39, 0.29) is 24.5 Å². The molecular weight excluding hydrogens is 350 g/mol. The van der Waals surface area contributed by atoms with Gasteiger partial charge in [0.2, 0.25) is 0 Å². The second kappa shape index (κ2) is 11.0. The molecule has 7 heteroatoms. The van der Waals surface area contributed by atoms with Gasteiger partial charge < -0.3 is 19.1 Å². The van der Waals surface area contributed by atoms with E-state index in [2.05, 4.69) is 4.90 Å². The van der Waals surface area contributed by atoms with Gasteiger partial charge in [-0.15, -0.1) is 0 Å². The Morgan fingerprint density at radius 2 is 1.52 bits per heavy atom. The van der Waals surface area contributed by atoms with Gasteiger partial charge in [0.1, 0.15) is 11.3 Å². The van der Waals surface area contributed by atoms with Gasteiger partial charge in [-0.25, -0.2) is 9.59 Å². The molecule has 7 nitrogen and oxygen atoms in total. The number of hydrogen-bond acceptors (Lipinski definition) is 7. The molecule has 0 heterocycles. The highest BCUT2D eigenvalue weighted by molar-refractivity contribution is 6.17. The predicted molar refractivity (Wildman–Crippen MR) is 103 cm³/mol. The third-order valence-corrected chi connectivity index (χ3v) is 3.67. The number of carbonyl (C=O) groups excluding carboxylic acids is 3. The number of rotatable bonds is 9. The lowest BCUT2D eigenvalue weighted by atomic mass is 10.1. The molecule has 0 saturated heterocycles. The smallest absolute Gasteiger partial charge is 0.345 e. The van der Waals surface area contributed by atoms with Gasteiger partial charge in [-0.05, 0) is 45.9 Å². The van der Waals surface area contributed by atoms with Crippen LogP contribution in [0, 0.1) is 0 Å². The maximum Gasteiger partial charge on any atom is 0.345 e. The van der Waals surface area contributed by atoms with Crippen molar-refractivity contribution in [2.75, 3.05) is 31.2 Å². The molecule has 1 aromatic rings. The highest BCUT2D eigenvalue weighted by Crippen LogP contribution is 2.28. The van der Waals surface area contributed by atoms with Crippen LogP contribution < -0.4 is 9.64 Å². The van der Waals surface area contributed by atoms with Crippen LogP contribution in [0.1, 0.15) is 40.2 Å². The first kappa shape index (κ1) is 22.2. The number of esters is 3. The Kier molecular flexibility index (Phi) is 9.05. The van der Waals surface area contributed by atoms with E-state index in [1.54, 1.807) is 26.0 Å². The van der Waals surface area contributed by atoms with Crippen molar-refractivity contribution in [1.29, 1.82) is 0 Å². The van der Waals surface area contributed by atoms with Gasteiger partial charge in [-0.3, -0.25) is 4.79 Å². The summed E-state index contributed by atoms with van der Waals surface area (Å²) in [5.41, 5.74) is 1.00. The van der Waals surface area contributed by atoms with Gasteiger partial charge >= 0.3 is 17.9 Å². The highest BCUT2D eigenvalue weighted by atomic mass is 16.6. The van der Waals surface area contributed by atoms with Crippen LogP contribution in [0.3, 0.4) is 0 Å². The largest absolute Gasteiger partial charge is 0.462 e. The number of benzene rings is 1. The van der Waals surface area contributed by atoms with E-state index in [4.69, 9.17) is 14.2 Å². The van der Waals surface area contributed by atoms with E-state index < -0.39 is 17.9 Å². The first-order chi connectivity index (χ1) is 12.9. The zero-order valence-electron chi connectivity index (χ0n) is 16.5. The second-order valence-electron chi connectivity index (χ2n) is 5.49. The molecule has 0 aliphatic heterocycles. The van der Waals surface area contributed by atoms with E-state index in [1.165, 1.54) is 13.0 Å². The molecule has 0 bridgehead atoms. The summed E-state index contributed by atoms with van der Waals surface area (Å²) in [7, 11) is 0. The Labute approximate surface area is 159 Å². The lowest BCUT2D eigenvalue weighted by Gasteiger charge is -2.22. The zero-order valence-corrected chi connectivity index (χ0v) is 16.5. The average Bonchev–Trinajstić information content (AvgIpc) is 2.61. The van der Waals surface area contributed by atoms with E-state index in [1.807, 2.05) is 19.9 Å². The quantitative estimate of drug-likeness (QED) is 0.215. The van der Waals surface area contributed by atoms with Crippen molar-refractivity contribution in [3.05, 3.63) is 29.3 Å². The minimum atomic E-state index is -0.794. The fraction of sp³-hybridized carbons (Fsp3) is 0.450. The van der Waals surface area contributed by atoms with Gasteiger partial charge in [0.15, 0.2) is 0 Å². The lowest BCUT2D eigenvalue weighted by molar-refractivity contribution is -0.146. The van der Waals surface area contributed by atoms with Crippen molar-refractivity contribution in [2.45, 2.75) is 34.6 Å². The summed E-state index contributed by atoms with van der Waals surface area (Å²) in [6, 6.07) is 5.22. The molecule has 0 aliphatic carbocycles. The van der Waals surface area contributed by atoms with Crippen molar-refractivity contribution in [1.82, 2.24) is 0 Å². The topological polar surface area (TPSA) is 82.1 Å². The number of carbonyl (C=O) groups is 3. The molecule has 0 saturated carbocycles. The average molecular weight is 377 g/mol. The Balaban J connectivity index is 3.44. The standard InChI is InChI=1S/C20H27NO6/c1-6-21(7-2)16-11-10-15(18(13-16)27-14(5)22)12-17(19(23)25-8-3)20(24)26-9-4/h10-13H,6-9H2,1-5H3. The van der Waals surface area contributed by atoms with E-state index in [0.29, 0.717) is 5.56 Å². The summed E-state index contributed by atoms with van der Waals surface area (Å²) in [4.78, 5) is 37.9. The maximum atomic E-state index is 12.2. The van der Waals surface area contributed by atoms with Crippen LogP contribution in [-0.4, -0.2) is 44.2 Å². The maximum absolute atomic E-state index is 12.2. The van der Waals surface area contributed by atoms with Crippen LogP contribution in [0.15, 0.2) is 23.8 Å². The summed E-state index contributed by atoms with van der Waals surface area (Å²) in [5.74, 6) is -1.84. The minimum Gasteiger partial charge on any atom is -0.462 e. The van der Waals surface area contributed by atoms with Crippen molar-refractivity contribution in [2.24, 2.45) is 0 Å². The molecule has 0 fully saturated rings. The molecule has 27 heavy (non-hydrogen) atoms. The molecule has 1 aromatic carbocycles. The van der Waals surface area contributed by atoms with Gasteiger partial charge in [0.25, 0.3) is 0 Å². The van der Waals surface area contributed by atoms with Gasteiger partial charge in [-0.2, -0.15) is 0 Å². The third kappa shape index (κ3) is 6.44. The Morgan fingerprint density at radius 1 is 0.963 bits per heavy atom. The summed E-state index contributed by atoms with van der Waals surface area (Å²) in [5, 5.41) is 0. The Bertz CT molecular complexity index is 686. The summed E-state index contributed by atoms with van der Waals surface area (Å²) in [6.45, 7) is 10.4. The van der Waals surface area contributed by atoms with Crippen LogP contribution in [0.25, 0.3) is 6.08 Å². The second-order valence-corrected chi connectivity index (χ2v) is 5.49. The van der Waals surface area contributed by atoms with Crippen molar-refractivity contribution >= 4 is 29.7 Å². The number of ether oxygens (including phenoxy) is 3.